The minimum atomic E-state index is -1.82. The lowest BCUT2D eigenvalue weighted by molar-refractivity contribution is -0.159. The fraction of sp³-hybridized carbons (Fsp3) is 0.778. The molecule has 0 spiro atoms. The van der Waals surface area contributed by atoms with Gasteiger partial charge in [-0.2, -0.15) is 0 Å². The van der Waals surface area contributed by atoms with Crippen molar-refractivity contribution < 1.29 is 69.6 Å². The highest BCUT2D eigenvalue weighted by atomic mass is 16.5. The Morgan fingerprint density at radius 1 is 0.463 bits per heavy atom. The molecule has 318 valence electrons. The zero-order valence-corrected chi connectivity index (χ0v) is 32.4. The third-order valence-electron chi connectivity index (χ3n) is 7.52. The summed E-state index contributed by atoms with van der Waals surface area (Å²) in [5.74, 6) is -10.9. The number of aliphatic carboxylic acids is 6. The first-order valence-electron chi connectivity index (χ1n) is 18.7. The molecule has 0 aliphatic carbocycles. The van der Waals surface area contributed by atoms with Crippen molar-refractivity contribution in [2.45, 2.75) is 129 Å². The summed E-state index contributed by atoms with van der Waals surface area (Å²) in [6.45, 7) is 10.8. The summed E-state index contributed by atoms with van der Waals surface area (Å²) in [6.07, 6.45) is 22.7. The van der Waals surface area contributed by atoms with Gasteiger partial charge in [0, 0.05) is 26.2 Å². The van der Waals surface area contributed by atoms with E-state index >= 15 is 0 Å². The molecule has 18 heteroatoms. The van der Waals surface area contributed by atoms with Crippen molar-refractivity contribution in [2.75, 3.05) is 52.4 Å². The zero-order valence-electron chi connectivity index (χ0n) is 32.4. The molecule has 0 aliphatic rings. The van der Waals surface area contributed by atoms with E-state index in [1.165, 1.54) is 64.2 Å². The van der Waals surface area contributed by atoms with E-state index in [0.29, 0.717) is 26.2 Å². The van der Waals surface area contributed by atoms with Crippen LogP contribution in [-0.2, 0) is 28.8 Å². The Balaban J connectivity index is -0.000000564. The molecular weight excluding hydrogens is 712 g/mol. The Morgan fingerprint density at radius 3 is 0.963 bits per heavy atom. The van der Waals surface area contributed by atoms with Crippen LogP contribution in [0.4, 0.5) is 0 Å². The van der Waals surface area contributed by atoms with Gasteiger partial charge in [-0.25, -0.2) is 28.8 Å². The predicted octanol–water partition coefficient (Wildman–Crippen LogP) is 2.53. The quantitative estimate of drug-likeness (QED) is 0.0310. The Hall–Kier alpha value is -3.68. The smallest absolute Gasteiger partial charge is 0.414 e. The molecule has 0 rings (SSSR count). The highest BCUT2D eigenvalue weighted by molar-refractivity contribution is 6.28. The van der Waals surface area contributed by atoms with E-state index in [4.69, 9.17) is 70.9 Å². The number of aliphatic hydroxyl groups excluding tert-OH is 2. The van der Waals surface area contributed by atoms with Gasteiger partial charge in [0.15, 0.2) is 0 Å². The van der Waals surface area contributed by atoms with E-state index in [9.17, 15) is 10.2 Å². The van der Waals surface area contributed by atoms with Crippen molar-refractivity contribution in [3.63, 3.8) is 0 Å². The highest BCUT2D eigenvalue weighted by Crippen LogP contribution is 2.11. The number of nitrogens with zero attached hydrogens (tertiary/aromatic N) is 2. The largest absolute Gasteiger partial charge is 0.473 e. The summed E-state index contributed by atoms with van der Waals surface area (Å²) < 4.78 is 0. The third-order valence-corrected chi connectivity index (χ3v) is 7.52. The van der Waals surface area contributed by atoms with Crippen molar-refractivity contribution in [3.8, 4) is 0 Å². The van der Waals surface area contributed by atoms with Gasteiger partial charge in [0.25, 0.3) is 0 Å². The van der Waals surface area contributed by atoms with Crippen LogP contribution in [0.25, 0.3) is 0 Å². The van der Waals surface area contributed by atoms with Gasteiger partial charge in [-0.1, -0.05) is 103 Å². The van der Waals surface area contributed by atoms with Crippen molar-refractivity contribution in [1.82, 2.24) is 9.80 Å². The number of carboxylic acids is 6. The molecule has 0 saturated carbocycles. The Bertz CT molecular complexity index is 867. The summed E-state index contributed by atoms with van der Waals surface area (Å²) in [5, 5.41) is 65.4. The van der Waals surface area contributed by atoms with Gasteiger partial charge in [-0.15, -0.1) is 0 Å². The van der Waals surface area contributed by atoms with E-state index in [1.807, 2.05) is 0 Å². The number of rotatable bonds is 28. The Labute approximate surface area is 319 Å². The predicted molar refractivity (Wildman–Crippen MR) is 203 cm³/mol. The number of carbonyl (C=O) groups is 6. The van der Waals surface area contributed by atoms with Crippen LogP contribution in [0.5, 0.6) is 0 Å². The van der Waals surface area contributed by atoms with Crippen molar-refractivity contribution in [2.24, 2.45) is 11.5 Å². The van der Waals surface area contributed by atoms with Gasteiger partial charge in [0.2, 0.25) is 0 Å². The second-order valence-electron chi connectivity index (χ2n) is 12.5. The average Bonchev–Trinajstić information content (AvgIpc) is 3.11. The SMILES string of the molecule is CCCCCCCCC(O)CN(C/C=C/CN(CCCN)CC(O)CCCCCCCC)CCCN.O=C(O)C(=O)O.O=C(O)C(=O)O.O=C(O)C(=O)O. The number of nitrogens with two attached hydrogens (primary N) is 2. The van der Waals surface area contributed by atoms with Crippen LogP contribution < -0.4 is 11.5 Å². The first-order chi connectivity index (χ1) is 25.5. The average molecular weight is 783 g/mol. The van der Waals surface area contributed by atoms with Gasteiger partial charge in [-0.3, -0.25) is 9.80 Å². The van der Waals surface area contributed by atoms with E-state index < -0.39 is 35.8 Å². The summed E-state index contributed by atoms with van der Waals surface area (Å²) in [7, 11) is 0. The minimum absolute atomic E-state index is 0.263. The topological polar surface area (TPSA) is 323 Å². The molecule has 2 atom stereocenters. The molecule has 0 aliphatic heterocycles. The molecule has 12 N–H and O–H groups in total. The fourth-order valence-corrected chi connectivity index (χ4v) is 4.69. The van der Waals surface area contributed by atoms with Gasteiger partial charge >= 0.3 is 35.8 Å². The van der Waals surface area contributed by atoms with Crippen LogP contribution in [0.2, 0.25) is 0 Å². The molecule has 0 amide bonds. The van der Waals surface area contributed by atoms with Crippen molar-refractivity contribution in [1.29, 1.82) is 0 Å². The lowest BCUT2D eigenvalue weighted by Crippen LogP contribution is -2.35. The monoisotopic (exact) mass is 782 g/mol. The zero-order chi connectivity index (χ0) is 42.2. The van der Waals surface area contributed by atoms with E-state index in [1.54, 1.807) is 0 Å². The molecule has 0 heterocycles. The summed E-state index contributed by atoms with van der Waals surface area (Å²) in [4.78, 5) is 59.2. The van der Waals surface area contributed by atoms with Gasteiger partial charge < -0.3 is 52.3 Å². The van der Waals surface area contributed by atoms with Crippen LogP contribution in [-0.4, -0.2) is 151 Å². The molecule has 54 heavy (non-hydrogen) atoms. The third kappa shape index (κ3) is 48.3. The van der Waals surface area contributed by atoms with Crippen molar-refractivity contribution >= 4 is 35.8 Å². The van der Waals surface area contributed by atoms with Crippen LogP contribution in [0.1, 0.15) is 117 Å². The van der Waals surface area contributed by atoms with Gasteiger partial charge in [0.1, 0.15) is 0 Å². The molecule has 0 aromatic heterocycles. The summed E-state index contributed by atoms with van der Waals surface area (Å²) >= 11 is 0. The molecule has 0 aromatic carbocycles. The maximum atomic E-state index is 10.5. The van der Waals surface area contributed by atoms with E-state index in [2.05, 4.69) is 35.8 Å². The molecule has 18 nitrogen and oxygen atoms in total. The number of aliphatic hydroxyl groups is 2. The minimum Gasteiger partial charge on any atom is -0.473 e. The lowest BCUT2D eigenvalue weighted by atomic mass is 10.1. The van der Waals surface area contributed by atoms with Gasteiger partial charge in [-0.05, 0) is 51.9 Å². The molecule has 0 aromatic rings. The molecule has 2 unspecified atom stereocenters. The van der Waals surface area contributed by atoms with Crippen LogP contribution >= 0.6 is 0 Å². The highest BCUT2D eigenvalue weighted by Gasteiger charge is 2.12. The maximum absolute atomic E-state index is 10.5. The normalized spacial score (nSPS) is 11.7. The van der Waals surface area contributed by atoms with E-state index in [-0.39, 0.29) is 12.2 Å². The standard InChI is InChI=1S/C30H64N4O2.3C2H2O4/c1-3-5-7-9-11-13-19-29(35)27-33(25-17-21-31)23-15-16-24-34(26-18-22-32)28-30(36)20-14-12-10-8-6-4-2;3*3-1(4)2(5)6/h15-16,29-30,35-36H,3-14,17-28,31-32H2,1-2H3;3*(H,3,4)(H,5,6)/b16-15+;;;. The first kappa shape index (κ1) is 57.0. The van der Waals surface area contributed by atoms with Gasteiger partial charge in [0.05, 0.1) is 12.2 Å². The first-order valence-corrected chi connectivity index (χ1v) is 18.7. The molecule has 0 fully saturated rings. The van der Waals surface area contributed by atoms with Crippen LogP contribution in [0.15, 0.2) is 12.2 Å². The second-order valence-corrected chi connectivity index (χ2v) is 12.5. The summed E-state index contributed by atoms with van der Waals surface area (Å²) in [6, 6.07) is 0. The second kappa shape index (κ2) is 42.1. The molecule has 0 saturated heterocycles. The molecule has 0 bridgehead atoms. The Kier molecular flexibility index (Phi) is 44.4. The molecular formula is C36H70N4O14. The Morgan fingerprint density at radius 2 is 0.722 bits per heavy atom. The lowest BCUT2D eigenvalue weighted by Gasteiger charge is -2.25. The maximum Gasteiger partial charge on any atom is 0.414 e. The van der Waals surface area contributed by atoms with Crippen LogP contribution in [0, 0.1) is 0 Å². The number of hydrogen-bond donors (Lipinski definition) is 10. The number of hydrogen-bond acceptors (Lipinski definition) is 12. The van der Waals surface area contributed by atoms with E-state index in [0.717, 1.165) is 64.7 Å². The van der Waals surface area contributed by atoms with Crippen LogP contribution in [0.3, 0.4) is 0 Å². The fourth-order valence-electron chi connectivity index (χ4n) is 4.69. The van der Waals surface area contributed by atoms with Crippen molar-refractivity contribution in [3.05, 3.63) is 12.2 Å². The number of carboxylic acid groups (broad SMARTS) is 6. The summed E-state index contributed by atoms with van der Waals surface area (Å²) in [5.41, 5.74) is 11.5. The number of unbranched alkanes of at least 4 members (excludes halogenated alkanes) is 10. The molecule has 0 radical (unpaired) electrons.